The predicted molar refractivity (Wildman–Crippen MR) is 129 cm³/mol. The Morgan fingerprint density at radius 3 is 2.34 bits per heavy atom. The van der Waals surface area contributed by atoms with E-state index in [1.165, 1.54) is 0 Å². The summed E-state index contributed by atoms with van der Waals surface area (Å²) >= 11 is 12.5. The molecule has 1 aromatic heterocycles. The summed E-state index contributed by atoms with van der Waals surface area (Å²) in [6.07, 6.45) is 4.05. The highest BCUT2D eigenvalue weighted by Crippen LogP contribution is 2.26. The number of anilines is 1. The second kappa shape index (κ2) is 10.4. The number of hydrogen-bond donors (Lipinski definition) is 0. The second-order valence-electron chi connectivity index (χ2n) is 7.95. The van der Waals surface area contributed by atoms with Crippen molar-refractivity contribution in [2.24, 2.45) is 0 Å². The lowest BCUT2D eigenvalue weighted by atomic mass is 10.1. The molecule has 6 nitrogen and oxygen atoms in total. The molecule has 0 radical (unpaired) electrons. The van der Waals surface area contributed by atoms with Gasteiger partial charge in [0.1, 0.15) is 6.33 Å². The molecule has 8 heteroatoms. The molecule has 32 heavy (non-hydrogen) atoms. The number of unbranched alkanes of at least 4 members (excludes halogenated alkanes) is 1. The van der Waals surface area contributed by atoms with E-state index in [1.54, 1.807) is 24.5 Å². The number of carbonyl (C=O) groups is 1. The molecule has 1 fully saturated rings. The zero-order valence-corrected chi connectivity index (χ0v) is 19.7. The van der Waals surface area contributed by atoms with Crippen molar-refractivity contribution < 1.29 is 4.79 Å². The highest BCUT2D eigenvalue weighted by molar-refractivity contribution is 6.36. The average Bonchev–Trinajstić information content (AvgIpc) is 3.29. The van der Waals surface area contributed by atoms with Gasteiger partial charge in [-0.1, -0.05) is 42.6 Å². The van der Waals surface area contributed by atoms with Gasteiger partial charge in [-0.05, 0) is 48.4 Å². The van der Waals surface area contributed by atoms with Gasteiger partial charge in [0, 0.05) is 54.0 Å². The molecule has 3 aromatic rings. The third-order valence-electron chi connectivity index (χ3n) is 5.85. The van der Waals surface area contributed by atoms with Crippen LogP contribution in [-0.4, -0.2) is 51.8 Å². The number of halogens is 2. The Morgan fingerprint density at radius 2 is 1.69 bits per heavy atom. The van der Waals surface area contributed by atoms with Crippen molar-refractivity contribution in [2.45, 2.75) is 32.7 Å². The maximum atomic E-state index is 12.8. The van der Waals surface area contributed by atoms with Gasteiger partial charge in [0.15, 0.2) is 5.82 Å². The van der Waals surface area contributed by atoms with E-state index in [2.05, 4.69) is 46.2 Å². The van der Waals surface area contributed by atoms with Crippen molar-refractivity contribution in [1.29, 1.82) is 0 Å². The second-order valence-corrected chi connectivity index (χ2v) is 8.77. The van der Waals surface area contributed by atoms with Crippen LogP contribution < -0.4 is 4.90 Å². The van der Waals surface area contributed by atoms with E-state index in [0.29, 0.717) is 28.7 Å². The molecule has 1 amide bonds. The first-order chi connectivity index (χ1) is 15.6. The van der Waals surface area contributed by atoms with Crippen molar-refractivity contribution in [3.05, 3.63) is 64.4 Å². The number of piperazine rings is 1. The maximum Gasteiger partial charge on any atom is 0.227 e. The molecule has 4 rings (SSSR count). The summed E-state index contributed by atoms with van der Waals surface area (Å²) in [6, 6.07) is 13.8. The molecule has 1 aliphatic heterocycles. The van der Waals surface area contributed by atoms with Gasteiger partial charge in [-0.15, -0.1) is 0 Å². The van der Waals surface area contributed by atoms with Crippen molar-refractivity contribution in [3.8, 4) is 11.4 Å². The fraction of sp³-hybridized carbons (Fsp3) is 0.375. The number of nitrogens with zero attached hydrogens (tertiary/aromatic N) is 5. The van der Waals surface area contributed by atoms with E-state index in [0.717, 1.165) is 49.6 Å². The van der Waals surface area contributed by atoms with Crippen LogP contribution in [0.25, 0.3) is 11.4 Å². The van der Waals surface area contributed by atoms with Crippen LogP contribution in [0.5, 0.6) is 0 Å². The van der Waals surface area contributed by atoms with Gasteiger partial charge < -0.3 is 9.80 Å². The summed E-state index contributed by atoms with van der Waals surface area (Å²) in [4.78, 5) is 21.4. The summed E-state index contributed by atoms with van der Waals surface area (Å²) in [5.41, 5.74) is 2.91. The lowest BCUT2D eigenvalue weighted by Gasteiger charge is -2.36. The molecular weight excluding hydrogens is 445 g/mol. The highest BCUT2D eigenvalue weighted by Gasteiger charge is 2.23. The highest BCUT2D eigenvalue weighted by atomic mass is 35.5. The minimum Gasteiger partial charge on any atom is -0.368 e. The predicted octanol–water partition coefficient (Wildman–Crippen LogP) is 4.94. The fourth-order valence-corrected chi connectivity index (χ4v) is 4.49. The fourth-order valence-electron chi connectivity index (χ4n) is 3.96. The monoisotopic (exact) mass is 471 g/mol. The zero-order valence-electron chi connectivity index (χ0n) is 18.2. The van der Waals surface area contributed by atoms with Gasteiger partial charge in [0.2, 0.25) is 5.91 Å². The lowest BCUT2D eigenvalue weighted by molar-refractivity contribution is -0.130. The number of aromatic nitrogens is 3. The number of rotatable bonds is 7. The molecule has 0 spiro atoms. The molecule has 0 aliphatic carbocycles. The number of amides is 1. The van der Waals surface area contributed by atoms with Crippen LogP contribution in [0, 0.1) is 0 Å². The van der Waals surface area contributed by atoms with Crippen molar-refractivity contribution in [2.75, 3.05) is 31.1 Å². The summed E-state index contributed by atoms with van der Waals surface area (Å²) in [5.74, 6) is 0.958. The lowest BCUT2D eigenvalue weighted by Crippen LogP contribution is -2.49. The molecule has 0 N–H and O–H groups in total. The molecule has 2 heterocycles. The van der Waals surface area contributed by atoms with Gasteiger partial charge in [-0.25, -0.2) is 9.67 Å². The summed E-state index contributed by atoms with van der Waals surface area (Å²) in [6.45, 7) is 5.97. The molecule has 1 aliphatic rings. The van der Waals surface area contributed by atoms with Gasteiger partial charge in [0.05, 0.1) is 6.42 Å². The van der Waals surface area contributed by atoms with E-state index in [-0.39, 0.29) is 12.3 Å². The van der Waals surface area contributed by atoms with E-state index in [4.69, 9.17) is 23.2 Å². The number of aryl methyl sites for hydroxylation is 1. The quantitative estimate of drug-likeness (QED) is 0.489. The molecule has 0 saturated carbocycles. The van der Waals surface area contributed by atoms with Crippen LogP contribution in [0.1, 0.15) is 25.3 Å². The first kappa shape index (κ1) is 22.6. The van der Waals surface area contributed by atoms with E-state index < -0.39 is 0 Å². The molecule has 0 atom stereocenters. The van der Waals surface area contributed by atoms with Crippen LogP contribution in [-0.2, 0) is 17.8 Å². The number of hydrogen-bond acceptors (Lipinski definition) is 4. The third kappa shape index (κ3) is 5.08. The number of carbonyl (C=O) groups excluding carboxylic acids is 1. The largest absolute Gasteiger partial charge is 0.368 e. The maximum absolute atomic E-state index is 12.8. The standard InChI is InChI=1S/C24H27Cl2N5O/c1-2-3-11-31-24(27-17-28-31)18-7-9-19(10-8-18)29-12-14-30(15-13-29)23(32)16-20-21(25)5-4-6-22(20)26/h4-10,17H,2-3,11-16H2,1H3. The van der Waals surface area contributed by atoms with Crippen molar-refractivity contribution >= 4 is 34.8 Å². The average molecular weight is 472 g/mol. The zero-order chi connectivity index (χ0) is 22.5. The van der Waals surface area contributed by atoms with Crippen molar-refractivity contribution in [3.63, 3.8) is 0 Å². The molecule has 168 valence electrons. The molecule has 1 saturated heterocycles. The molecule has 0 unspecified atom stereocenters. The van der Waals surface area contributed by atoms with Crippen LogP contribution >= 0.6 is 23.2 Å². The molecule has 2 aromatic carbocycles. The smallest absolute Gasteiger partial charge is 0.227 e. The minimum absolute atomic E-state index is 0.0569. The Kier molecular flexibility index (Phi) is 7.33. The number of benzene rings is 2. The van der Waals surface area contributed by atoms with Gasteiger partial charge in [-0.3, -0.25) is 4.79 Å². The molecule has 0 bridgehead atoms. The summed E-state index contributed by atoms with van der Waals surface area (Å²) in [7, 11) is 0. The Bertz CT molecular complexity index is 1040. The van der Waals surface area contributed by atoms with E-state index in [9.17, 15) is 4.79 Å². The van der Waals surface area contributed by atoms with Gasteiger partial charge >= 0.3 is 0 Å². The Hall–Kier alpha value is -2.57. The van der Waals surface area contributed by atoms with Gasteiger partial charge in [-0.2, -0.15) is 5.10 Å². The van der Waals surface area contributed by atoms with E-state index in [1.807, 2.05) is 9.58 Å². The SMILES string of the molecule is CCCCn1ncnc1-c1ccc(N2CCN(C(=O)Cc3c(Cl)cccc3Cl)CC2)cc1. The Labute approximate surface area is 198 Å². The summed E-state index contributed by atoms with van der Waals surface area (Å²) < 4.78 is 1.97. The van der Waals surface area contributed by atoms with Crippen LogP contribution in [0.4, 0.5) is 5.69 Å². The Balaban J connectivity index is 1.35. The normalized spacial score (nSPS) is 14.1. The molecular formula is C24H27Cl2N5O. The Morgan fingerprint density at radius 1 is 1.00 bits per heavy atom. The summed E-state index contributed by atoms with van der Waals surface area (Å²) in [5, 5.41) is 5.42. The first-order valence-electron chi connectivity index (χ1n) is 11.0. The van der Waals surface area contributed by atoms with Crippen LogP contribution in [0.3, 0.4) is 0 Å². The minimum atomic E-state index is 0.0569. The van der Waals surface area contributed by atoms with Crippen LogP contribution in [0.2, 0.25) is 10.0 Å². The van der Waals surface area contributed by atoms with Crippen LogP contribution in [0.15, 0.2) is 48.8 Å². The third-order valence-corrected chi connectivity index (χ3v) is 6.56. The van der Waals surface area contributed by atoms with Crippen molar-refractivity contribution in [1.82, 2.24) is 19.7 Å². The van der Waals surface area contributed by atoms with E-state index >= 15 is 0 Å². The topological polar surface area (TPSA) is 54.3 Å². The first-order valence-corrected chi connectivity index (χ1v) is 11.8. The van der Waals surface area contributed by atoms with Gasteiger partial charge in [0.25, 0.3) is 0 Å².